The van der Waals surface area contributed by atoms with E-state index in [9.17, 15) is 0 Å². The van der Waals surface area contributed by atoms with Gasteiger partial charge in [-0.15, -0.1) is 0 Å². The molecule has 0 aliphatic heterocycles. The predicted molar refractivity (Wildman–Crippen MR) is 65.7 cm³/mol. The normalized spacial score (nSPS) is 14.4. The predicted octanol–water partition coefficient (Wildman–Crippen LogP) is 0.748. The van der Waals surface area contributed by atoms with Crippen molar-refractivity contribution in [2.24, 2.45) is 5.84 Å². The fourth-order valence-corrected chi connectivity index (χ4v) is 1.70. The monoisotopic (exact) mass is 225 g/mol. The lowest BCUT2D eigenvalue weighted by molar-refractivity contribution is 0.131. The van der Waals surface area contributed by atoms with Crippen LogP contribution in [-0.4, -0.2) is 34.1 Å². The minimum atomic E-state index is -0.104. The molecule has 0 spiro atoms. The Morgan fingerprint density at radius 3 is 2.62 bits per heavy atom. The molecule has 1 aromatic rings. The van der Waals surface area contributed by atoms with Gasteiger partial charge in [0.1, 0.15) is 5.82 Å². The molecule has 3 N–H and O–H groups in total. The minimum absolute atomic E-state index is 0.00236. The molecule has 0 radical (unpaired) electrons. The average molecular weight is 225 g/mol. The number of nitrogens with zero attached hydrogens (tertiary/aromatic N) is 3. The third kappa shape index (κ3) is 2.26. The van der Waals surface area contributed by atoms with Crippen molar-refractivity contribution in [1.82, 2.24) is 19.9 Å². The molecule has 0 saturated carbocycles. The van der Waals surface area contributed by atoms with Crippen molar-refractivity contribution < 1.29 is 0 Å². The van der Waals surface area contributed by atoms with E-state index in [2.05, 4.69) is 40.6 Å². The Bertz CT molecular complexity index is 329. The van der Waals surface area contributed by atoms with Crippen molar-refractivity contribution >= 4 is 0 Å². The summed E-state index contributed by atoms with van der Waals surface area (Å²) in [5, 5.41) is 0. The number of nitrogens with two attached hydrogens (primary N) is 1. The minimum Gasteiger partial charge on any atom is -0.334 e. The van der Waals surface area contributed by atoms with Gasteiger partial charge in [-0.25, -0.2) is 10.4 Å². The standard InChI is InChI=1S/C11H23N5/c1-6-16-8-7-13-10(16)9(14-12)11(2,3)15(4)5/h7-9,14H,6,12H2,1-5H3. The number of aryl methyl sites for hydroxylation is 1. The molecule has 1 aromatic heterocycles. The molecule has 1 atom stereocenters. The van der Waals surface area contributed by atoms with Crippen LogP contribution < -0.4 is 11.3 Å². The molecule has 0 fully saturated rings. The summed E-state index contributed by atoms with van der Waals surface area (Å²) in [6.45, 7) is 7.29. The number of likely N-dealkylation sites (N-methyl/N-ethyl adjacent to an activating group) is 1. The van der Waals surface area contributed by atoms with Crippen molar-refractivity contribution in [1.29, 1.82) is 0 Å². The van der Waals surface area contributed by atoms with E-state index in [1.807, 2.05) is 26.5 Å². The van der Waals surface area contributed by atoms with Crippen LogP contribution in [-0.2, 0) is 6.54 Å². The molecule has 0 bridgehead atoms. The Kier molecular flexibility index (Phi) is 4.07. The summed E-state index contributed by atoms with van der Waals surface area (Å²) in [7, 11) is 4.09. The van der Waals surface area contributed by atoms with Crippen LogP contribution in [0.4, 0.5) is 0 Å². The first kappa shape index (κ1) is 13.2. The number of imidazole rings is 1. The van der Waals surface area contributed by atoms with E-state index in [4.69, 9.17) is 5.84 Å². The molecular formula is C11H23N5. The number of aromatic nitrogens is 2. The summed E-state index contributed by atoms with van der Waals surface area (Å²) in [5.41, 5.74) is 2.77. The molecule has 0 aromatic carbocycles. The van der Waals surface area contributed by atoms with Gasteiger partial charge in [-0.1, -0.05) is 0 Å². The molecule has 5 nitrogen and oxygen atoms in total. The highest BCUT2D eigenvalue weighted by Crippen LogP contribution is 2.27. The van der Waals surface area contributed by atoms with Crippen LogP contribution in [0.25, 0.3) is 0 Å². The molecule has 1 rings (SSSR count). The first-order valence-corrected chi connectivity index (χ1v) is 5.59. The maximum atomic E-state index is 5.68. The quantitative estimate of drug-likeness (QED) is 0.573. The molecule has 0 amide bonds. The van der Waals surface area contributed by atoms with Crippen LogP contribution in [0.5, 0.6) is 0 Å². The summed E-state index contributed by atoms with van der Waals surface area (Å²) in [6, 6.07) is -0.00236. The van der Waals surface area contributed by atoms with E-state index >= 15 is 0 Å². The van der Waals surface area contributed by atoms with E-state index in [1.54, 1.807) is 0 Å². The maximum Gasteiger partial charge on any atom is 0.129 e. The molecular weight excluding hydrogens is 202 g/mol. The Labute approximate surface area is 97.6 Å². The van der Waals surface area contributed by atoms with Crippen molar-refractivity contribution in [2.75, 3.05) is 14.1 Å². The summed E-state index contributed by atoms with van der Waals surface area (Å²) >= 11 is 0. The first-order chi connectivity index (χ1) is 7.45. The number of hydrogen-bond acceptors (Lipinski definition) is 4. The van der Waals surface area contributed by atoms with Gasteiger partial charge in [0.05, 0.1) is 6.04 Å². The molecule has 0 aliphatic carbocycles. The van der Waals surface area contributed by atoms with Gasteiger partial charge in [0.25, 0.3) is 0 Å². The van der Waals surface area contributed by atoms with Crippen LogP contribution >= 0.6 is 0 Å². The average Bonchev–Trinajstić information content (AvgIpc) is 2.66. The lowest BCUT2D eigenvalue weighted by Gasteiger charge is -2.39. The summed E-state index contributed by atoms with van der Waals surface area (Å²) in [5.74, 6) is 6.66. The largest absolute Gasteiger partial charge is 0.334 e. The van der Waals surface area contributed by atoms with Gasteiger partial charge in [0, 0.05) is 24.5 Å². The second-order valence-electron chi connectivity index (χ2n) is 4.72. The Balaban J connectivity index is 3.07. The fourth-order valence-electron chi connectivity index (χ4n) is 1.70. The highest BCUT2D eigenvalue weighted by Gasteiger charge is 2.34. The number of rotatable bonds is 5. The molecule has 1 unspecified atom stereocenters. The SMILES string of the molecule is CCn1ccnc1C(NN)C(C)(C)N(C)C. The summed E-state index contributed by atoms with van der Waals surface area (Å²) < 4.78 is 2.11. The number of hydrazine groups is 1. The number of hydrogen-bond donors (Lipinski definition) is 2. The Morgan fingerprint density at radius 1 is 1.56 bits per heavy atom. The van der Waals surface area contributed by atoms with E-state index in [0.717, 1.165) is 12.4 Å². The smallest absolute Gasteiger partial charge is 0.129 e. The lowest BCUT2D eigenvalue weighted by Crippen LogP contribution is -2.52. The van der Waals surface area contributed by atoms with Crippen LogP contribution in [0, 0.1) is 0 Å². The van der Waals surface area contributed by atoms with E-state index < -0.39 is 0 Å². The van der Waals surface area contributed by atoms with E-state index in [-0.39, 0.29) is 11.6 Å². The molecule has 5 heteroatoms. The van der Waals surface area contributed by atoms with Gasteiger partial charge in [0.15, 0.2) is 0 Å². The third-order valence-electron chi connectivity index (χ3n) is 3.37. The van der Waals surface area contributed by atoms with Gasteiger partial charge in [-0.3, -0.25) is 5.84 Å². The van der Waals surface area contributed by atoms with Gasteiger partial charge in [-0.2, -0.15) is 0 Å². The van der Waals surface area contributed by atoms with Crippen molar-refractivity contribution in [3.63, 3.8) is 0 Å². The maximum absolute atomic E-state index is 5.68. The molecule has 16 heavy (non-hydrogen) atoms. The van der Waals surface area contributed by atoms with Crippen molar-refractivity contribution in [3.05, 3.63) is 18.2 Å². The van der Waals surface area contributed by atoms with E-state index in [1.165, 1.54) is 0 Å². The topological polar surface area (TPSA) is 59.1 Å². The second-order valence-corrected chi connectivity index (χ2v) is 4.72. The fraction of sp³-hybridized carbons (Fsp3) is 0.727. The highest BCUT2D eigenvalue weighted by molar-refractivity contribution is 5.07. The van der Waals surface area contributed by atoms with Crippen molar-refractivity contribution in [3.8, 4) is 0 Å². The van der Waals surface area contributed by atoms with E-state index in [0.29, 0.717) is 0 Å². The molecule has 92 valence electrons. The van der Waals surface area contributed by atoms with Crippen LogP contribution in [0.15, 0.2) is 12.4 Å². The van der Waals surface area contributed by atoms with Crippen LogP contribution in [0.1, 0.15) is 32.6 Å². The third-order valence-corrected chi connectivity index (χ3v) is 3.37. The molecule has 0 aliphatic rings. The number of nitrogens with one attached hydrogen (secondary N) is 1. The van der Waals surface area contributed by atoms with Crippen LogP contribution in [0.3, 0.4) is 0 Å². The summed E-state index contributed by atoms with van der Waals surface area (Å²) in [4.78, 5) is 6.55. The Hall–Kier alpha value is -0.910. The first-order valence-electron chi connectivity index (χ1n) is 5.59. The lowest BCUT2D eigenvalue weighted by atomic mass is 9.93. The van der Waals surface area contributed by atoms with Gasteiger partial charge in [0.2, 0.25) is 0 Å². The van der Waals surface area contributed by atoms with Crippen molar-refractivity contribution in [2.45, 2.75) is 38.9 Å². The summed E-state index contributed by atoms with van der Waals surface area (Å²) in [6.07, 6.45) is 3.79. The zero-order valence-corrected chi connectivity index (χ0v) is 10.9. The van der Waals surface area contributed by atoms with Gasteiger partial charge >= 0.3 is 0 Å². The zero-order chi connectivity index (χ0) is 12.3. The Morgan fingerprint density at radius 2 is 2.19 bits per heavy atom. The van der Waals surface area contributed by atoms with Gasteiger partial charge in [-0.05, 0) is 34.9 Å². The van der Waals surface area contributed by atoms with Gasteiger partial charge < -0.3 is 9.47 Å². The molecule has 0 saturated heterocycles. The second kappa shape index (κ2) is 4.95. The zero-order valence-electron chi connectivity index (χ0n) is 10.9. The molecule has 1 heterocycles. The highest BCUT2D eigenvalue weighted by atomic mass is 15.3. The van der Waals surface area contributed by atoms with Crippen LogP contribution in [0.2, 0.25) is 0 Å².